The van der Waals surface area contributed by atoms with Crippen molar-refractivity contribution in [1.29, 1.82) is 0 Å². The van der Waals surface area contributed by atoms with E-state index in [1.165, 1.54) is 17.8 Å². The Labute approximate surface area is 150 Å². The molecule has 0 atom stereocenters. The monoisotopic (exact) mass is 360 g/mol. The number of carbonyl (C=O) groups is 2. The van der Waals surface area contributed by atoms with Gasteiger partial charge in [0.25, 0.3) is 5.91 Å². The predicted molar refractivity (Wildman–Crippen MR) is 94.0 cm³/mol. The van der Waals surface area contributed by atoms with Gasteiger partial charge in [-0.2, -0.15) is 0 Å². The van der Waals surface area contributed by atoms with Crippen molar-refractivity contribution >= 4 is 23.6 Å². The van der Waals surface area contributed by atoms with Crippen LogP contribution in [0.4, 0.5) is 0 Å². The first-order valence-corrected chi connectivity index (χ1v) is 8.85. The molecule has 0 spiro atoms. The molecule has 1 aromatic carbocycles. The summed E-state index contributed by atoms with van der Waals surface area (Å²) in [5, 5.41) is 9.72. The molecule has 1 aromatic heterocycles. The second kappa shape index (κ2) is 6.93. The highest BCUT2D eigenvalue weighted by Crippen LogP contribution is 2.32. The van der Waals surface area contributed by atoms with Gasteiger partial charge in [0.2, 0.25) is 0 Å². The Bertz CT molecular complexity index is 790. The summed E-state index contributed by atoms with van der Waals surface area (Å²) in [6.07, 6.45) is 1.51. The van der Waals surface area contributed by atoms with Crippen molar-refractivity contribution in [3.63, 3.8) is 0 Å². The minimum atomic E-state index is -0.996. The quantitative estimate of drug-likeness (QED) is 0.870. The number of nitrogens with two attached hydrogens (primary N) is 1. The Morgan fingerprint density at radius 1 is 1.20 bits per heavy atom. The van der Waals surface area contributed by atoms with Gasteiger partial charge in [-0.1, -0.05) is 23.9 Å². The van der Waals surface area contributed by atoms with Crippen molar-refractivity contribution < 1.29 is 19.1 Å². The lowest BCUT2D eigenvalue weighted by Gasteiger charge is -2.36. The number of nitrogens with zero attached hydrogens (tertiary/aromatic N) is 1. The van der Waals surface area contributed by atoms with Gasteiger partial charge in [0.05, 0.1) is 5.56 Å². The third-order valence-corrected chi connectivity index (χ3v) is 5.31. The second-order valence-corrected chi connectivity index (χ2v) is 7.51. The van der Waals surface area contributed by atoms with Crippen LogP contribution in [-0.2, 0) is 0 Å². The van der Waals surface area contributed by atoms with E-state index in [4.69, 9.17) is 10.2 Å². The predicted octanol–water partition coefficient (Wildman–Crippen LogP) is 3.08. The molecule has 7 heteroatoms. The maximum atomic E-state index is 12.5. The van der Waals surface area contributed by atoms with E-state index in [0.717, 1.165) is 12.8 Å². The van der Waals surface area contributed by atoms with E-state index in [1.807, 2.05) is 6.92 Å². The Kier molecular flexibility index (Phi) is 4.87. The fraction of sp³-hybridized carbons (Fsp3) is 0.333. The van der Waals surface area contributed by atoms with Gasteiger partial charge in [-0.3, -0.25) is 4.79 Å². The Hall–Kier alpha value is -2.25. The van der Waals surface area contributed by atoms with Crippen molar-refractivity contribution in [2.24, 2.45) is 5.73 Å². The highest BCUT2D eigenvalue weighted by molar-refractivity contribution is 7.99. The van der Waals surface area contributed by atoms with Crippen molar-refractivity contribution in [3.8, 4) is 0 Å². The first-order chi connectivity index (χ1) is 11.9. The van der Waals surface area contributed by atoms with E-state index < -0.39 is 5.97 Å². The van der Waals surface area contributed by atoms with Gasteiger partial charge in [0.15, 0.2) is 10.9 Å². The molecule has 25 heavy (non-hydrogen) atoms. The summed E-state index contributed by atoms with van der Waals surface area (Å²) >= 11 is 1.19. The summed E-state index contributed by atoms with van der Waals surface area (Å²) in [5.74, 6) is -0.895. The first-order valence-electron chi connectivity index (χ1n) is 8.04. The number of carboxylic acids is 1. The SMILES string of the molecule is CC1(N)CCN(C(=O)c2ccc(Sc3ccccc3C(=O)O)o2)CC1. The maximum Gasteiger partial charge on any atom is 0.336 e. The summed E-state index contributed by atoms with van der Waals surface area (Å²) in [7, 11) is 0. The number of carboxylic acid groups (broad SMARTS) is 1. The third-order valence-electron chi connectivity index (χ3n) is 4.31. The lowest BCUT2D eigenvalue weighted by atomic mass is 9.91. The molecule has 0 saturated carbocycles. The lowest BCUT2D eigenvalue weighted by Crippen LogP contribution is -2.49. The largest absolute Gasteiger partial charge is 0.478 e. The molecule has 1 fully saturated rings. The molecule has 0 radical (unpaired) electrons. The Balaban J connectivity index is 1.71. The molecule has 2 heterocycles. The van der Waals surface area contributed by atoms with Crippen molar-refractivity contribution in [2.45, 2.75) is 35.3 Å². The highest BCUT2D eigenvalue weighted by Gasteiger charge is 2.30. The summed E-state index contributed by atoms with van der Waals surface area (Å²) in [5.41, 5.74) is 6.08. The number of likely N-dealkylation sites (tertiary alicyclic amines) is 1. The van der Waals surface area contributed by atoms with Gasteiger partial charge in [0, 0.05) is 23.5 Å². The molecule has 1 saturated heterocycles. The van der Waals surface area contributed by atoms with Crippen molar-refractivity contribution in [2.75, 3.05) is 13.1 Å². The van der Waals surface area contributed by atoms with Gasteiger partial charge < -0.3 is 20.2 Å². The molecule has 6 nitrogen and oxygen atoms in total. The first kappa shape index (κ1) is 17.6. The second-order valence-electron chi connectivity index (χ2n) is 6.47. The number of carbonyl (C=O) groups excluding carboxylic acids is 1. The van der Waals surface area contributed by atoms with Crippen molar-refractivity contribution in [3.05, 3.63) is 47.7 Å². The van der Waals surface area contributed by atoms with Gasteiger partial charge in [-0.05, 0) is 44.0 Å². The molecule has 0 bridgehead atoms. The van der Waals surface area contributed by atoms with Gasteiger partial charge in [-0.15, -0.1) is 0 Å². The number of amides is 1. The van der Waals surface area contributed by atoms with Crippen LogP contribution in [0.2, 0.25) is 0 Å². The number of hydrogen-bond acceptors (Lipinski definition) is 5. The number of benzene rings is 1. The molecule has 0 unspecified atom stereocenters. The molecule has 0 aliphatic carbocycles. The molecule has 3 rings (SSSR count). The number of aromatic carboxylic acids is 1. The fourth-order valence-corrected chi connectivity index (χ4v) is 3.60. The standard InChI is InChI=1S/C18H20N2O4S/c1-18(19)8-10-20(11-9-18)16(21)13-6-7-15(24-13)25-14-5-3-2-4-12(14)17(22)23/h2-7H,8-11,19H2,1H3,(H,22,23). The van der Waals surface area contributed by atoms with E-state index in [-0.39, 0.29) is 22.8 Å². The van der Waals surface area contributed by atoms with Gasteiger partial charge in [0.1, 0.15) is 0 Å². The molecular formula is C18H20N2O4S. The molecule has 1 amide bonds. The Morgan fingerprint density at radius 3 is 2.56 bits per heavy atom. The summed E-state index contributed by atoms with van der Waals surface area (Å²) in [6, 6.07) is 10.0. The molecule has 2 aromatic rings. The zero-order valence-corrected chi connectivity index (χ0v) is 14.7. The van der Waals surface area contributed by atoms with E-state index in [9.17, 15) is 14.7 Å². The van der Waals surface area contributed by atoms with Crippen LogP contribution in [0.15, 0.2) is 50.8 Å². The van der Waals surface area contributed by atoms with E-state index >= 15 is 0 Å². The van der Waals surface area contributed by atoms with Crippen LogP contribution < -0.4 is 5.73 Å². The molecule has 1 aliphatic heterocycles. The third kappa shape index (κ3) is 4.05. The van der Waals surface area contributed by atoms with Crippen LogP contribution in [-0.4, -0.2) is 40.5 Å². The summed E-state index contributed by atoms with van der Waals surface area (Å²) in [6.45, 7) is 3.21. The lowest BCUT2D eigenvalue weighted by molar-refractivity contribution is 0.0641. The highest BCUT2D eigenvalue weighted by atomic mass is 32.2. The number of hydrogen-bond donors (Lipinski definition) is 2. The Morgan fingerprint density at radius 2 is 1.88 bits per heavy atom. The van der Waals surface area contributed by atoms with Crippen LogP contribution >= 0.6 is 11.8 Å². The normalized spacial score (nSPS) is 16.6. The van der Waals surface area contributed by atoms with Crippen LogP contribution in [0, 0.1) is 0 Å². The van der Waals surface area contributed by atoms with Crippen LogP contribution in [0.3, 0.4) is 0 Å². The zero-order valence-electron chi connectivity index (χ0n) is 13.9. The minimum absolute atomic E-state index is 0.158. The van der Waals surface area contributed by atoms with Gasteiger partial charge in [-0.25, -0.2) is 4.79 Å². The molecular weight excluding hydrogens is 340 g/mol. The smallest absolute Gasteiger partial charge is 0.336 e. The molecule has 3 N–H and O–H groups in total. The fourth-order valence-electron chi connectivity index (χ4n) is 2.71. The molecule has 132 valence electrons. The van der Waals surface area contributed by atoms with Crippen LogP contribution in [0.25, 0.3) is 0 Å². The molecule has 1 aliphatic rings. The van der Waals surface area contributed by atoms with E-state index in [0.29, 0.717) is 23.1 Å². The summed E-state index contributed by atoms with van der Waals surface area (Å²) in [4.78, 5) is 26.1. The minimum Gasteiger partial charge on any atom is -0.478 e. The average Bonchev–Trinajstić information content (AvgIpc) is 3.03. The topological polar surface area (TPSA) is 96.8 Å². The average molecular weight is 360 g/mol. The summed E-state index contributed by atoms with van der Waals surface area (Å²) < 4.78 is 5.64. The van der Waals surface area contributed by atoms with Gasteiger partial charge >= 0.3 is 5.97 Å². The number of rotatable bonds is 4. The zero-order chi connectivity index (χ0) is 18.0. The maximum absolute atomic E-state index is 12.5. The number of piperidine rings is 1. The van der Waals surface area contributed by atoms with E-state index in [1.54, 1.807) is 35.2 Å². The van der Waals surface area contributed by atoms with Crippen molar-refractivity contribution in [1.82, 2.24) is 4.90 Å². The number of furan rings is 1. The van der Waals surface area contributed by atoms with Crippen LogP contribution in [0.1, 0.15) is 40.7 Å². The van der Waals surface area contributed by atoms with Crippen LogP contribution in [0.5, 0.6) is 0 Å². The van der Waals surface area contributed by atoms with E-state index in [2.05, 4.69) is 0 Å².